The molecule has 0 unspecified atom stereocenters. The van der Waals surface area contributed by atoms with Crippen molar-refractivity contribution in [3.05, 3.63) is 71.0 Å². The molecule has 8 heteroatoms. The predicted molar refractivity (Wildman–Crippen MR) is 156 cm³/mol. The van der Waals surface area contributed by atoms with Gasteiger partial charge in [0.2, 0.25) is 0 Å². The van der Waals surface area contributed by atoms with Crippen molar-refractivity contribution in [2.24, 2.45) is 0 Å². The second-order valence-electron chi connectivity index (χ2n) is 11.3. The third kappa shape index (κ3) is 11.7. The first-order valence-electron chi connectivity index (χ1n) is 15.3. The number of unbranched alkanes of at least 4 members (excludes halogenated alkanes) is 5. The van der Waals surface area contributed by atoms with Crippen LogP contribution in [0.15, 0.2) is 42.5 Å². The minimum atomic E-state index is -1.25. The van der Waals surface area contributed by atoms with Gasteiger partial charge in [-0.2, -0.15) is 0 Å². The monoisotopic (exact) mass is 576 g/mol. The molecule has 228 valence electrons. The molecular formula is C33H47F3N2O3. The van der Waals surface area contributed by atoms with Crippen molar-refractivity contribution in [3.8, 4) is 0 Å². The zero-order chi connectivity index (χ0) is 29.5. The number of carbonyl (C=O) groups excluding carboxylic acids is 1. The van der Waals surface area contributed by atoms with Crippen LogP contribution in [0.4, 0.5) is 18.0 Å². The molecule has 1 fully saturated rings. The van der Waals surface area contributed by atoms with E-state index in [-0.39, 0.29) is 30.9 Å². The fraction of sp³-hybridized carbons (Fsp3) is 0.606. The molecule has 0 radical (unpaired) electrons. The lowest BCUT2D eigenvalue weighted by atomic mass is 9.91. The summed E-state index contributed by atoms with van der Waals surface area (Å²) in [4.78, 5) is 17.0. The minimum absolute atomic E-state index is 0.0734. The fourth-order valence-corrected chi connectivity index (χ4v) is 5.37. The van der Waals surface area contributed by atoms with Gasteiger partial charge in [0.25, 0.3) is 0 Å². The molecule has 2 aromatic carbocycles. The molecule has 1 aliphatic carbocycles. The van der Waals surface area contributed by atoms with Crippen LogP contribution < -0.4 is 0 Å². The van der Waals surface area contributed by atoms with Crippen LogP contribution in [-0.2, 0) is 22.6 Å². The number of rotatable bonds is 17. The minimum Gasteiger partial charge on any atom is -0.445 e. The number of halogens is 3. The molecule has 5 nitrogen and oxygen atoms in total. The van der Waals surface area contributed by atoms with Crippen LogP contribution in [0.5, 0.6) is 0 Å². The third-order valence-electron chi connectivity index (χ3n) is 7.89. The predicted octanol–water partition coefficient (Wildman–Crippen LogP) is 8.25. The van der Waals surface area contributed by atoms with Crippen molar-refractivity contribution in [1.29, 1.82) is 0 Å². The molecule has 41 heavy (non-hydrogen) atoms. The lowest BCUT2D eigenvalue weighted by molar-refractivity contribution is 0.00179. The Hall–Kier alpha value is -2.58. The topological polar surface area (TPSA) is 42.0 Å². The van der Waals surface area contributed by atoms with E-state index in [1.54, 1.807) is 0 Å². The smallest absolute Gasteiger partial charge is 0.410 e. The Morgan fingerprint density at radius 2 is 1.51 bits per heavy atom. The quantitative estimate of drug-likeness (QED) is 0.140. The van der Waals surface area contributed by atoms with Crippen LogP contribution in [0.3, 0.4) is 0 Å². The fourth-order valence-electron chi connectivity index (χ4n) is 5.37. The number of ether oxygens (including phenoxy) is 2. The van der Waals surface area contributed by atoms with Crippen molar-refractivity contribution in [2.75, 3.05) is 26.7 Å². The van der Waals surface area contributed by atoms with Crippen molar-refractivity contribution >= 4 is 6.09 Å². The van der Waals surface area contributed by atoms with Gasteiger partial charge < -0.3 is 19.3 Å². The van der Waals surface area contributed by atoms with Crippen molar-refractivity contribution in [3.63, 3.8) is 0 Å². The Bertz CT molecular complexity index is 1030. The summed E-state index contributed by atoms with van der Waals surface area (Å²) in [5, 5.41) is 0. The largest absolute Gasteiger partial charge is 0.445 e. The first-order chi connectivity index (χ1) is 19.9. The van der Waals surface area contributed by atoms with E-state index in [0.717, 1.165) is 50.5 Å². The Morgan fingerprint density at radius 3 is 2.22 bits per heavy atom. The lowest BCUT2D eigenvalue weighted by Crippen LogP contribution is -2.43. The van der Waals surface area contributed by atoms with Gasteiger partial charge in [-0.3, -0.25) is 0 Å². The van der Waals surface area contributed by atoms with E-state index in [1.807, 2.05) is 30.3 Å². The summed E-state index contributed by atoms with van der Waals surface area (Å²) in [5.74, 6) is -3.28. The summed E-state index contributed by atoms with van der Waals surface area (Å²) in [7, 11) is 2.20. The molecule has 0 heterocycles. The number of benzene rings is 2. The molecule has 1 aliphatic rings. The first kappa shape index (κ1) is 32.9. The average Bonchev–Trinajstić information content (AvgIpc) is 2.97. The SMILES string of the molecule is CCCCCN(C)CCCCCCO[C@H]1CC[C@H](N(Cc2cc(F)c(F)cc2F)C(=O)OCc2ccccc2)CC1. The Balaban J connectivity index is 1.44. The molecule has 0 spiro atoms. The molecule has 1 amide bonds. The van der Waals surface area contributed by atoms with Crippen LogP contribution >= 0.6 is 0 Å². The summed E-state index contributed by atoms with van der Waals surface area (Å²) in [6, 6.07) is 10.4. The van der Waals surface area contributed by atoms with Gasteiger partial charge in [-0.25, -0.2) is 18.0 Å². The van der Waals surface area contributed by atoms with E-state index in [2.05, 4.69) is 18.9 Å². The first-order valence-corrected chi connectivity index (χ1v) is 15.3. The molecule has 0 saturated heterocycles. The van der Waals surface area contributed by atoms with E-state index >= 15 is 0 Å². The van der Waals surface area contributed by atoms with Gasteiger partial charge >= 0.3 is 6.09 Å². The second kappa shape index (κ2) is 18.1. The number of hydrogen-bond acceptors (Lipinski definition) is 4. The van der Waals surface area contributed by atoms with Crippen LogP contribution in [0.25, 0.3) is 0 Å². The van der Waals surface area contributed by atoms with Gasteiger partial charge in [0, 0.05) is 24.3 Å². The summed E-state index contributed by atoms with van der Waals surface area (Å²) < 4.78 is 53.6. The summed E-state index contributed by atoms with van der Waals surface area (Å²) in [5.41, 5.74) is 0.752. The Labute approximate surface area is 244 Å². The van der Waals surface area contributed by atoms with Gasteiger partial charge in [-0.1, -0.05) is 62.9 Å². The van der Waals surface area contributed by atoms with E-state index in [4.69, 9.17) is 9.47 Å². The maximum atomic E-state index is 14.5. The zero-order valence-corrected chi connectivity index (χ0v) is 24.8. The Morgan fingerprint density at radius 1 is 0.854 bits per heavy atom. The van der Waals surface area contributed by atoms with Crippen molar-refractivity contribution in [1.82, 2.24) is 9.80 Å². The van der Waals surface area contributed by atoms with E-state index in [0.29, 0.717) is 18.9 Å². The highest BCUT2D eigenvalue weighted by molar-refractivity contribution is 5.68. The maximum Gasteiger partial charge on any atom is 0.410 e. The molecular weight excluding hydrogens is 529 g/mol. The molecule has 0 bridgehead atoms. The van der Waals surface area contributed by atoms with Crippen molar-refractivity contribution < 1.29 is 27.4 Å². The lowest BCUT2D eigenvalue weighted by Gasteiger charge is -2.36. The van der Waals surface area contributed by atoms with E-state index in [1.165, 1.54) is 43.5 Å². The van der Waals surface area contributed by atoms with Crippen LogP contribution in [0.2, 0.25) is 0 Å². The van der Waals surface area contributed by atoms with E-state index in [9.17, 15) is 18.0 Å². The normalized spacial score (nSPS) is 17.1. The highest BCUT2D eigenvalue weighted by Crippen LogP contribution is 2.28. The number of carbonyl (C=O) groups is 1. The van der Waals surface area contributed by atoms with Gasteiger partial charge in [0.05, 0.1) is 12.6 Å². The van der Waals surface area contributed by atoms with Crippen molar-refractivity contribution in [2.45, 2.75) is 103 Å². The molecule has 0 aliphatic heterocycles. The van der Waals surface area contributed by atoms with Crippen LogP contribution in [-0.4, -0.2) is 54.8 Å². The maximum absolute atomic E-state index is 14.5. The number of amides is 1. The highest BCUT2D eigenvalue weighted by atomic mass is 19.2. The van der Waals surface area contributed by atoms with Gasteiger partial charge in [-0.15, -0.1) is 0 Å². The molecule has 0 aromatic heterocycles. The summed E-state index contributed by atoms with van der Waals surface area (Å²) >= 11 is 0. The number of nitrogens with zero attached hydrogens (tertiary/aromatic N) is 2. The van der Waals surface area contributed by atoms with Gasteiger partial charge in [0.15, 0.2) is 11.6 Å². The third-order valence-corrected chi connectivity index (χ3v) is 7.89. The van der Waals surface area contributed by atoms with Gasteiger partial charge in [-0.05, 0) is 76.7 Å². The van der Waals surface area contributed by atoms with Crippen LogP contribution in [0.1, 0.15) is 88.7 Å². The summed E-state index contributed by atoms with van der Waals surface area (Å²) in [6.07, 6.45) is 10.8. The number of hydrogen-bond donors (Lipinski definition) is 0. The van der Waals surface area contributed by atoms with E-state index < -0.39 is 23.5 Å². The standard InChI is InChI=1S/C33H47F3N2O3/c1-3-4-10-19-37(2)20-11-5-6-12-21-40-29-17-15-28(16-18-29)38(24-27-22-31(35)32(36)23-30(27)34)33(39)41-25-26-13-8-7-9-14-26/h7-9,13-14,22-23,28-29H,3-6,10-12,15-21,24-25H2,1-2H3/t28-,29-. The summed E-state index contributed by atoms with van der Waals surface area (Å²) in [6.45, 7) is 5.16. The molecule has 1 saturated carbocycles. The zero-order valence-electron chi connectivity index (χ0n) is 24.8. The Kier molecular flexibility index (Phi) is 14.5. The second-order valence-corrected chi connectivity index (χ2v) is 11.3. The average molecular weight is 577 g/mol. The van der Waals surface area contributed by atoms with Gasteiger partial charge in [0.1, 0.15) is 12.4 Å². The molecule has 0 atom stereocenters. The molecule has 3 rings (SSSR count). The van der Waals surface area contributed by atoms with Crippen LogP contribution in [0, 0.1) is 17.5 Å². The molecule has 2 aromatic rings. The molecule has 0 N–H and O–H groups in total. The highest BCUT2D eigenvalue weighted by Gasteiger charge is 2.31.